The van der Waals surface area contributed by atoms with Gasteiger partial charge in [-0.1, -0.05) is 12.1 Å². The van der Waals surface area contributed by atoms with Crippen LogP contribution in [0.2, 0.25) is 0 Å². The fourth-order valence-electron chi connectivity index (χ4n) is 3.63. The molecule has 11 N–H and O–H groups in total. The third kappa shape index (κ3) is 14.5. The normalized spacial score (nSPS) is 12.6. The number of unbranched alkanes of at least 4 members (excludes halogenated alkanes) is 1. The van der Waals surface area contributed by atoms with E-state index in [1.807, 2.05) is 0 Å². The summed E-state index contributed by atoms with van der Waals surface area (Å²) in [5.41, 5.74) is 12.1. The lowest BCUT2D eigenvalue weighted by molar-refractivity contribution is -0.132. The number of rotatable bonds is 17. The second-order valence-electron chi connectivity index (χ2n) is 9.32. The zero-order chi connectivity index (χ0) is 30.8. The summed E-state index contributed by atoms with van der Waals surface area (Å²) < 4.78 is 5.00. The summed E-state index contributed by atoms with van der Waals surface area (Å²) in [6, 6.07) is 3.85. The standard InChI is InChI=1S/C26H43N9O6/c1-16(32-17(2)36)22(37)34-21(8-6-14-31-25(28)29)24(39)35-20(7-4-5-13-27)23(38)33-19-11-9-18(10-12-19)15-41-26(40)30-3/h9-12,16,20-21H,4-8,13-15,27H2,1-3H3,(H,30,40)(H,32,36)(H,33,38)(H,34,37)(H,35,39)(H4,28,29,31)/t16-,20-,21-/m0/s1. The van der Waals surface area contributed by atoms with E-state index in [1.165, 1.54) is 20.9 Å². The monoisotopic (exact) mass is 577 g/mol. The molecule has 0 unspecified atom stereocenters. The molecule has 0 heterocycles. The molecule has 0 aliphatic rings. The van der Waals surface area contributed by atoms with Crippen LogP contribution in [-0.4, -0.2) is 73.9 Å². The Kier molecular flexibility index (Phi) is 15.9. The number of ether oxygens (including phenoxy) is 1. The number of carbonyl (C=O) groups is 5. The number of hydrogen-bond acceptors (Lipinski definition) is 8. The Morgan fingerprint density at radius 1 is 0.902 bits per heavy atom. The highest BCUT2D eigenvalue weighted by Gasteiger charge is 2.28. The van der Waals surface area contributed by atoms with Gasteiger partial charge in [0.05, 0.1) is 0 Å². The lowest BCUT2D eigenvalue weighted by atomic mass is 10.1. The van der Waals surface area contributed by atoms with Gasteiger partial charge in [-0.2, -0.15) is 0 Å². The first-order valence-corrected chi connectivity index (χ1v) is 13.4. The van der Waals surface area contributed by atoms with Gasteiger partial charge in [0.15, 0.2) is 5.96 Å². The number of carbonyl (C=O) groups excluding carboxylic acids is 5. The van der Waals surface area contributed by atoms with E-state index in [0.717, 1.165) is 0 Å². The van der Waals surface area contributed by atoms with Crippen LogP contribution < -0.4 is 43.4 Å². The molecule has 0 spiro atoms. The van der Waals surface area contributed by atoms with E-state index in [1.54, 1.807) is 24.3 Å². The van der Waals surface area contributed by atoms with Crippen LogP contribution in [0.25, 0.3) is 0 Å². The summed E-state index contributed by atoms with van der Waals surface area (Å²) in [5, 5.41) is 22.9. The van der Waals surface area contributed by atoms with Crippen molar-refractivity contribution in [1.82, 2.24) is 26.6 Å². The smallest absolute Gasteiger partial charge is 0.407 e. The fourth-order valence-corrected chi connectivity index (χ4v) is 3.63. The van der Waals surface area contributed by atoms with Gasteiger partial charge >= 0.3 is 6.09 Å². The Bertz CT molecular complexity index is 1030. The molecule has 1 rings (SSSR count). The highest BCUT2D eigenvalue weighted by atomic mass is 16.5. The van der Waals surface area contributed by atoms with Crippen LogP contribution in [0.1, 0.15) is 51.5 Å². The van der Waals surface area contributed by atoms with Crippen molar-refractivity contribution in [3.63, 3.8) is 0 Å². The summed E-state index contributed by atoms with van der Waals surface area (Å²) in [6.07, 6.45) is 1.53. The number of nitrogens with one attached hydrogen (secondary N) is 7. The third-order valence-electron chi connectivity index (χ3n) is 5.81. The maximum atomic E-state index is 13.3. The minimum Gasteiger partial charge on any atom is -0.445 e. The quantitative estimate of drug-likeness (QED) is 0.0649. The van der Waals surface area contributed by atoms with Crippen molar-refractivity contribution in [1.29, 1.82) is 5.41 Å². The summed E-state index contributed by atoms with van der Waals surface area (Å²) in [4.78, 5) is 61.7. The average molecular weight is 578 g/mol. The molecule has 15 nitrogen and oxygen atoms in total. The van der Waals surface area contributed by atoms with Crippen LogP contribution in [-0.2, 0) is 30.5 Å². The Morgan fingerprint density at radius 2 is 1.51 bits per heavy atom. The number of nitrogens with two attached hydrogens (primary N) is 2. The molecule has 5 amide bonds. The summed E-state index contributed by atoms with van der Waals surface area (Å²) in [5.74, 6) is -2.23. The van der Waals surface area contributed by atoms with Gasteiger partial charge in [0.1, 0.15) is 24.7 Å². The van der Waals surface area contributed by atoms with Crippen molar-refractivity contribution in [3.05, 3.63) is 29.8 Å². The number of hydrogen-bond donors (Lipinski definition) is 9. The molecule has 0 bridgehead atoms. The average Bonchev–Trinajstić information content (AvgIpc) is 2.92. The van der Waals surface area contributed by atoms with Crippen molar-refractivity contribution >= 4 is 41.4 Å². The molecule has 0 fully saturated rings. The molecule has 0 saturated heterocycles. The third-order valence-corrected chi connectivity index (χ3v) is 5.81. The number of amides is 5. The molecule has 228 valence electrons. The van der Waals surface area contributed by atoms with Crippen LogP contribution in [0.15, 0.2) is 24.3 Å². The molecule has 1 aromatic carbocycles. The SMILES string of the molecule is CNC(=O)OCc1ccc(NC(=O)[C@H](CCCCN)NC(=O)[C@H](CCCNC(=N)N)NC(=O)[C@H](C)NC(C)=O)cc1. The lowest BCUT2D eigenvalue weighted by Crippen LogP contribution is -2.55. The topological polar surface area (TPSA) is 243 Å². The molecule has 3 atom stereocenters. The van der Waals surface area contributed by atoms with Crippen LogP contribution in [0.4, 0.5) is 10.5 Å². The number of anilines is 1. The number of guanidine groups is 1. The number of benzene rings is 1. The predicted octanol–water partition coefficient (Wildman–Crippen LogP) is -0.632. The maximum Gasteiger partial charge on any atom is 0.407 e. The molecule has 0 aliphatic heterocycles. The van der Waals surface area contributed by atoms with Crippen LogP contribution in [0.3, 0.4) is 0 Å². The van der Waals surface area contributed by atoms with Crippen molar-refractivity contribution in [2.75, 3.05) is 25.5 Å². The van der Waals surface area contributed by atoms with Gasteiger partial charge < -0.3 is 48.1 Å². The van der Waals surface area contributed by atoms with E-state index in [4.69, 9.17) is 21.6 Å². The first-order chi connectivity index (χ1) is 19.5. The molecule has 0 radical (unpaired) electrons. The zero-order valence-corrected chi connectivity index (χ0v) is 23.8. The van der Waals surface area contributed by atoms with Gasteiger partial charge in [0.2, 0.25) is 23.6 Å². The van der Waals surface area contributed by atoms with E-state index in [-0.39, 0.29) is 19.0 Å². The summed E-state index contributed by atoms with van der Waals surface area (Å²) in [7, 11) is 1.46. The second kappa shape index (κ2) is 18.8. The van der Waals surface area contributed by atoms with E-state index < -0.39 is 47.8 Å². The van der Waals surface area contributed by atoms with E-state index in [9.17, 15) is 24.0 Å². The molecule has 41 heavy (non-hydrogen) atoms. The van der Waals surface area contributed by atoms with Gasteiger partial charge in [0, 0.05) is 26.2 Å². The van der Waals surface area contributed by atoms with Gasteiger partial charge in [-0.05, 0) is 63.3 Å². The zero-order valence-electron chi connectivity index (χ0n) is 23.8. The Morgan fingerprint density at radius 3 is 2.10 bits per heavy atom. The van der Waals surface area contributed by atoms with E-state index in [0.29, 0.717) is 50.0 Å². The molecule has 15 heteroatoms. The Labute approximate surface area is 239 Å². The molecule has 1 aromatic rings. The minimum absolute atomic E-state index is 0.0568. The number of alkyl carbamates (subject to hydrolysis) is 1. The van der Waals surface area contributed by atoms with E-state index in [2.05, 4.69) is 31.9 Å². The van der Waals surface area contributed by atoms with Gasteiger partial charge in [-0.3, -0.25) is 24.6 Å². The summed E-state index contributed by atoms with van der Waals surface area (Å²) >= 11 is 0. The second-order valence-corrected chi connectivity index (χ2v) is 9.32. The van der Waals surface area contributed by atoms with Gasteiger partial charge in [0.25, 0.3) is 0 Å². The van der Waals surface area contributed by atoms with Crippen LogP contribution in [0.5, 0.6) is 0 Å². The van der Waals surface area contributed by atoms with E-state index >= 15 is 0 Å². The Hall–Kier alpha value is -4.40. The molecular weight excluding hydrogens is 534 g/mol. The molecule has 0 aliphatic carbocycles. The predicted molar refractivity (Wildman–Crippen MR) is 154 cm³/mol. The van der Waals surface area contributed by atoms with Crippen molar-refractivity contribution in [2.24, 2.45) is 11.5 Å². The largest absolute Gasteiger partial charge is 0.445 e. The Balaban J connectivity index is 2.97. The minimum atomic E-state index is -1.02. The van der Waals surface area contributed by atoms with Crippen molar-refractivity contribution in [2.45, 2.75) is 70.7 Å². The highest BCUT2D eigenvalue weighted by Crippen LogP contribution is 2.13. The van der Waals surface area contributed by atoms with Gasteiger partial charge in [-0.25, -0.2) is 4.79 Å². The lowest BCUT2D eigenvalue weighted by Gasteiger charge is -2.24. The van der Waals surface area contributed by atoms with Gasteiger partial charge in [-0.15, -0.1) is 0 Å². The van der Waals surface area contributed by atoms with Crippen molar-refractivity contribution in [3.8, 4) is 0 Å². The molecule has 0 aromatic heterocycles. The maximum absolute atomic E-state index is 13.3. The molecule has 0 saturated carbocycles. The van der Waals surface area contributed by atoms with Crippen LogP contribution >= 0.6 is 0 Å². The fraction of sp³-hybridized carbons (Fsp3) is 0.538. The first kappa shape index (κ1) is 34.6. The van der Waals surface area contributed by atoms with Crippen LogP contribution in [0, 0.1) is 5.41 Å². The van der Waals surface area contributed by atoms with Crippen molar-refractivity contribution < 1.29 is 28.7 Å². The molecular formula is C26H43N9O6. The first-order valence-electron chi connectivity index (χ1n) is 13.4. The summed E-state index contributed by atoms with van der Waals surface area (Å²) in [6.45, 7) is 3.53. The highest BCUT2D eigenvalue weighted by molar-refractivity contribution is 5.98.